The molecule has 11 heavy (non-hydrogen) atoms. The van der Waals surface area contributed by atoms with Crippen LogP contribution in [0.3, 0.4) is 0 Å². The number of hydrogen-bond acceptors (Lipinski definition) is 0. The molecule has 0 aliphatic heterocycles. The van der Waals surface area contributed by atoms with Crippen molar-refractivity contribution in [2.24, 2.45) is 5.92 Å². The topological polar surface area (TPSA) is 0 Å². The summed E-state index contributed by atoms with van der Waals surface area (Å²) in [5, 5.41) is 0. The maximum Gasteiger partial charge on any atom is -0.0248 e. The first-order valence-corrected chi connectivity index (χ1v) is 4.74. The van der Waals surface area contributed by atoms with Crippen molar-refractivity contribution in [2.75, 3.05) is 0 Å². The van der Waals surface area contributed by atoms with Gasteiger partial charge in [0.15, 0.2) is 0 Å². The van der Waals surface area contributed by atoms with Crippen LogP contribution < -0.4 is 0 Å². The molecule has 0 N–H and O–H groups in total. The molecule has 0 bridgehead atoms. The smallest absolute Gasteiger partial charge is 0.0248 e. The van der Waals surface area contributed by atoms with Crippen molar-refractivity contribution in [1.82, 2.24) is 0 Å². The molecule has 0 aromatic heterocycles. The molecule has 1 saturated carbocycles. The molecule has 0 heteroatoms. The molecular formula is C11H16. The second-order valence-corrected chi connectivity index (χ2v) is 3.90. The van der Waals surface area contributed by atoms with Crippen molar-refractivity contribution in [2.45, 2.75) is 39.0 Å². The van der Waals surface area contributed by atoms with Crippen LogP contribution in [0.2, 0.25) is 0 Å². The lowest BCUT2D eigenvalue weighted by Crippen LogP contribution is -2.00. The molecule has 2 rings (SSSR count). The van der Waals surface area contributed by atoms with Gasteiger partial charge in [-0.2, -0.15) is 0 Å². The van der Waals surface area contributed by atoms with Crippen LogP contribution in [0.25, 0.3) is 0 Å². The molecule has 2 aliphatic carbocycles. The molecule has 0 radical (unpaired) electrons. The SMILES string of the molecule is CC1=C(CC2CCCC2)C=C1. The summed E-state index contributed by atoms with van der Waals surface area (Å²) in [7, 11) is 0. The summed E-state index contributed by atoms with van der Waals surface area (Å²) in [6.45, 7) is 2.23. The summed E-state index contributed by atoms with van der Waals surface area (Å²) >= 11 is 0. The van der Waals surface area contributed by atoms with E-state index >= 15 is 0 Å². The lowest BCUT2D eigenvalue weighted by Gasteiger charge is -2.16. The molecular weight excluding hydrogens is 132 g/mol. The highest BCUT2D eigenvalue weighted by molar-refractivity contribution is 5.43. The van der Waals surface area contributed by atoms with Crippen LogP contribution in [0.5, 0.6) is 0 Å². The van der Waals surface area contributed by atoms with Gasteiger partial charge in [0, 0.05) is 0 Å². The monoisotopic (exact) mass is 148 g/mol. The molecule has 0 amide bonds. The minimum atomic E-state index is 1.02. The fourth-order valence-electron chi connectivity index (χ4n) is 2.12. The van der Waals surface area contributed by atoms with Crippen LogP contribution in [0.1, 0.15) is 39.0 Å². The molecule has 1 fully saturated rings. The fourth-order valence-corrected chi connectivity index (χ4v) is 2.12. The van der Waals surface area contributed by atoms with Crippen molar-refractivity contribution < 1.29 is 0 Å². The second-order valence-electron chi connectivity index (χ2n) is 3.90. The molecule has 0 spiro atoms. The Labute approximate surface area is 69.0 Å². The quantitative estimate of drug-likeness (QED) is 0.562. The van der Waals surface area contributed by atoms with Crippen LogP contribution in [-0.4, -0.2) is 0 Å². The van der Waals surface area contributed by atoms with Gasteiger partial charge in [-0.15, -0.1) is 0 Å². The van der Waals surface area contributed by atoms with Gasteiger partial charge in [-0.3, -0.25) is 0 Å². The van der Waals surface area contributed by atoms with E-state index in [1.165, 1.54) is 37.7 Å². The minimum Gasteiger partial charge on any atom is -0.0588 e. The Morgan fingerprint density at radius 3 is 2.45 bits per heavy atom. The van der Waals surface area contributed by atoms with E-state index in [9.17, 15) is 0 Å². The highest BCUT2D eigenvalue weighted by Crippen LogP contribution is 2.33. The first-order chi connectivity index (χ1) is 5.36. The van der Waals surface area contributed by atoms with Gasteiger partial charge in [0.1, 0.15) is 0 Å². The van der Waals surface area contributed by atoms with Gasteiger partial charge in [0.05, 0.1) is 0 Å². The van der Waals surface area contributed by atoms with E-state index in [0.29, 0.717) is 0 Å². The Hall–Kier alpha value is -0.520. The second kappa shape index (κ2) is 2.84. The van der Waals surface area contributed by atoms with Crippen LogP contribution in [0.15, 0.2) is 23.3 Å². The summed E-state index contributed by atoms with van der Waals surface area (Å²) in [5.41, 5.74) is 3.15. The van der Waals surface area contributed by atoms with Gasteiger partial charge in [-0.25, -0.2) is 0 Å². The largest absolute Gasteiger partial charge is 0.0588 e. The lowest BCUT2D eigenvalue weighted by atomic mass is 9.89. The molecule has 2 aliphatic rings. The van der Waals surface area contributed by atoms with Crippen LogP contribution in [0, 0.1) is 5.92 Å². The first kappa shape index (κ1) is 7.15. The highest BCUT2D eigenvalue weighted by atomic mass is 14.2. The van der Waals surface area contributed by atoms with E-state index in [4.69, 9.17) is 0 Å². The average molecular weight is 148 g/mol. The average Bonchev–Trinajstić information content (AvgIpc) is 2.49. The van der Waals surface area contributed by atoms with Gasteiger partial charge < -0.3 is 0 Å². The van der Waals surface area contributed by atoms with Crippen LogP contribution >= 0.6 is 0 Å². The molecule has 60 valence electrons. The van der Waals surface area contributed by atoms with E-state index in [1.807, 2.05) is 0 Å². The lowest BCUT2D eigenvalue weighted by molar-refractivity contribution is 0.545. The van der Waals surface area contributed by atoms with E-state index in [1.54, 1.807) is 5.57 Å². The maximum atomic E-state index is 2.29. The zero-order valence-corrected chi connectivity index (χ0v) is 7.27. The van der Waals surface area contributed by atoms with Crippen molar-refractivity contribution >= 4 is 0 Å². The van der Waals surface area contributed by atoms with Crippen LogP contribution in [0.4, 0.5) is 0 Å². The molecule has 0 unspecified atom stereocenters. The molecule has 0 heterocycles. The zero-order chi connectivity index (χ0) is 7.68. The van der Waals surface area contributed by atoms with Gasteiger partial charge in [0.2, 0.25) is 0 Å². The zero-order valence-electron chi connectivity index (χ0n) is 7.27. The van der Waals surface area contributed by atoms with Crippen molar-refractivity contribution in [3.63, 3.8) is 0 Å². The van der Waals surface area contributed by atoms with Crippen molar-refractivity contribution in [1.29, 1.82) is 0 Å². The molecule has 0 aromatic carbocycles. The highest BCUT2D eigenvalue weighted by Gasteiger charge is 2.17. The molecule has 0 nitrogen and oxygen atoms in total. The van der Waals surface area contributed by atoms with Gasteiger partial charge in [-0.05, 0) is 30.4 Å². The fraction of sp³-hybridized carbons (Fsp3) is 0.636. The third-order valence-electron chi connectivity index (χ3n) is 3.02. The van der Waals surface area contributed by atoms with Crippen molar-refractivity contribution in [3.8, 4) is 0 Å². The first-order valence-electron chi connectivity index (χ1n) is 4.74. The van der Waals surface area contributed by atoms with Gasteiger partial charge in [-0.1, -0.05) is 37.8 Å². The number of allylic oxidation sites excluding steroid dienone is 4. The third-order valence-corrected chi connectivity index (χ3v) is 3.02. The normalized spacial score (nSPS) is 24.5. The number of rotatable bonds is 2. The summed E-state index contributed by atoms with van der Waals surface area (Å²) < 4.78 is 0. The Morgan fingerprint density at radius 1 is 1.27 bits per heavy atom. The van der Waals surface area contributed by atoms with E-state index in [0.717, 1.165) is 5.92 Å². The summed E-state index contributed by atoms with van der Waals surface area (Å²) in [6.07, 6.45) is 11.8. The summed E-state index contributed by atoms with van der Waals surface area (Å²) in [6, 6.07) is 0. The Balaban J connectivity index is 1.85. The van der Waals surface area contributed by atoms with E-state index in [2.05, 4.69) is 19.1 Å². The predicted octanol–water partition coefficient (Wildman–Crippen LogP) is 3.45. The van der Waals surface area contributed by atoms with Crippen molar-refractivity contribution in [3.05, 3.63) is 23.3 Å². The Kier molecular flexibility index (Phi) is 1.85. The van der Waals surface area contributed by atoms with E-state index in [-0.39, 0.29) is 0 Å². The Bertz CT molecular complexity index is 202. The summed E-state index contributed by atoms with van der Waals surface area (Å²) in [4.78, 5) is 0. The van der Waals surface area contributed by atoms with Crippen LogP contribution in [-0.2, 0) is 0 Å². The molecule has 0 atom stereocenters. The predicted molar refractivity (Wildman–Crippen MR) is 48.4 cm³/mol. The minimum absolute atomic E-state index is 1.02. The standard InChI is InChI=1S/C11H16/c1-9-6-7-11(9)8-10-4-2-3-5-10/h6-7,10H,2-5,8H2,1H3. The summed E-state index contributed by atoms with van der Waals surface area (Å²) in [5.74, 6) is 1.02. The number of hydrogen-bond donors (Lipinski definition) is 0. The van der Waals surface area contributed by atoms with Gasteiger partial charge in [0.25, 0.3) is 0 Å². The maximum absolute atomic E-state index is 2.29. The Morgan fingerprint density at radius 2 is 2.00 bits per heavy atom. The van der Waals surface area contributed by atoms with E-state index < -0.39 is 0 Å². The third kappa shape index (κ3) is 1.40. The molecule has 0 aromatic rings. The molecule has 0 saturated heterocycles. The van der Waals surface area contributed by atoms with Gasteiger partial charge >= 0.3 is 0 Å².